The highest BCUT2D eigenvalue weighted by Crippen LogP contribution is 2.53. The van der Waals surface area contributed by atoms with Crippen molar-refractivity contribution in [1.29, 1.82) is 0 Å². The molecule has 0 N–H and O–H groups in total. The van der Waals surface area contributed by atoms with Gasteiger partial charge in [0.05, 0.1) is 5.56 Å². The van der Waals surface area contributed by atoms with Crippen LogP contribution in [0.5, 0.6) is 0 Å². The van der Waals surface area contributed by atoms with Crippen LogP contribution in [-0.4, -0.2) is 5.97 Å². The van der Waals surface area contributed by atoms with Gasteiger partial charge < -0.3 is 9.47 Å². The summed E-state index contributed by atoms with van der Waals surface area (Å²) in [5.74, 6) is -0.671. The van der Waals surface area contributed by atoms with E-state index in [1.165, 1.54) is 11.8 Å². The minimum absolute atomic E-state index is 0.219. The van der Waals surface area contributed by atoms with E-state index in [4.69, 9.17) is 19.2 Å². The number of carbonyl (C=O) groups is 1. The molecule has 2 heterocycles. The summed E-state index contributed by atoms with van der Waals surface area (Å²) in [6.07, 6.45) is 5.99. The van der Waals surface area contributed by atoms with Crippen molar-refractivity contribution in [2.24, 2.45) is 0 Å². The first-order valence-electron chi connectivity index (χ1n) is 7.06. The van der Waals surface area contributed by atoms with Crippen LogP contribution in [-0.2, 0) is 36.6 Å². The molecule has 3 aliphatic rings. The molecule has 0 amide bonds. The van der Waals surface area contributed by atoms with Crippen LogP contribution in [0.15, 0.2) is 45.9 Å². The van der Waals surface area contributed by atoms with E-state index in [1.807, 2.05) is 24.3 Å². The number of hydrogen-bond acceptors (Lipinski definition) is 6. The van der Waals surface area contributed by atoms with Gasteiger partial charge in [0.1, 0.15) is 12.4 Å². The number of hydrogen-bond donors (Lipinski definition) is 0. The largest absolute Gasteiger partial charge is 0.461 e. The summed E-state index contributed by atoms with van der Waals surface area (Å²) in [5.41, 5.74) is 1.68. The maximum atomic E-state index is 11.0. The van der Waals surface area contributed by atoms with E-state index in [0.717, 1.165) is 34.6 Å². The summed E-state index contributed by atoms with van der Waals surface area (Å²) in [4.78, 5) is 23.5. The Morgan fingerprint density at radius 1 is 1.41 bits per heavy atom. The lowest BCUT2D eigenvalue weighted by molar-refractivity contribution is -0.142. The van der Waals surface area contributed by atoms with Crippen LogP contribution in [0.25, 0.3) is 0 Å². The van der Waals surface area contributed by atoms with Gasteiger partial charge in [-0.25, -0.2) is 0 Å². The molecule has 2 aliphatic heterocycles. The molecule has 0 aromatic heterocycles. The first-order valence-corrected chi connectivity index (χ1v) is 7.88. The van der Waals surface area contributed by atoms with Crippen LogP contribution in [0.1, 0.15) is 30.9 Å². The minimum atomic E-state index is -1.16. The molecule has 22 heavy (non-hydrogen) atoms. The molecular formula is C16H14O5S. The Balaban J connectivity index is 1.69. The predicted molar refractivity (Wildman–Crippen MR) is 78.1 cm³/mol. The lowest BCUT2D eigenvalue weighted by atomic mass is 10.1. The summed E-state index contributed by atoms with van der Waals surface area (Å²) in [6.45, 7) is 1.61. The number of rotatable bonds is 2. The van der Waals surface area contributed by atoms with Crippen molar-refractivity contribution < 1.29 is 24.0 Å². The van der Waals surface area contributed by atoms with E-state index in [1.54, 1.807) is 11.8 Å². The van der Waals surface area contributed by atoms with Crippen molar-refractivity contribution in [1.82, 2.24) is 0 Å². The van der Waals surface area contributed by atoms with Crippen molar-refractivity contribution in [3.63, 3.8) is 0 Å². The molecular weight excluding hydrogens is 304 g/mol. The highest BCUT2D eigenvalue weighted by atomic mass is 32.2. The van der Waals surface area contributed by atoms with Gasteiger partial charge in [0.2, 0.25) is 0 Å². The Hall–Kier alpha value is -1.76. The summed E-state index contributed by atoms with van der Waals surface area (Å²) < 4.78 is 11.0. The second kappa shape index (κ2) is 5.15. The number of carbonyl (C=O) groups excluding carboxylic acids is 1. The Morgan fingerprint density at radius 3 is 3.05 bits per heavy atom. The van der Waals surface area contributed by atoms with Gasteiger partial charge in [0.25, 0.3) is 0 Å². The zero-order chi connectivity index (χ0) is 15.2. The van der Waals surface area contributed by atoms with Gasteiger partial charge in [-0.05, 0) is 36.6 Å². The molecule has 1 spiro atoms. The maximum Gasteiger partial charge on any atom is 0.411 e. The molecule has 4 rings (SSSR count). The second-order valence-corrected chi connectivity index (χ2v) is 6.40. The highest BCUT2D eigenvalue weighted by Gasteiger charge is 2.57. The number of thioether (sulfide) groups is 1. The standard InChI is InChI=1S/C16H14O5S/c1-10(17)18-9-11-6-7-14-12(8-11)16(20-21-16)19-13-4-2-3-5-15(13)22-14/h2,4,6-8H,3,5,9H2,1H3. The van der Waals surface area contributed by atoms with Crippen LogP contribution in [0, 0.1) is 0 Å². The molecule has 0 unspecified atom stereocenters. The lowest BCUT2D eigenvalue weighted by Crippen LogP contribution is -2.14. The van der Waals surface area contributed by atoms with Crippen LogP contribution in [0.4, 0.5) is 0 Å². The first kappa shape index (κ1) is 13.9. The zero-order valence-corrected chi connectivity index (χ0v) is 12.8. The minimum Gasteiger partial charge on any atom is -0.461 e. The van der Waals surface area contributed by atoms with Gasteiger partial charge in [0, 0.05) is 16.7 Å². The van der Waals surface area contributed by atoms with Crippen LogP contribution < -0.4 is 0 Å². The lowest BCUT2D eigenvalue weighted by Gasteiger charge is -2.13. The average molecular weight is 318 g/mol. The molecule has 1 saturated heterocycles. The Kier molecular flexibility index (Phi) is 3.25. The van der Waals surface area contributed by atoms with Crippen molar-refractivity contribution >= 4 is 17.7 Å². The predicted octanol–water partition coefficient (Wildman–Crippen LogP) is 3.51. The molecule has 6 heteroatoms. The molecule has 0 atom stereocenters. The van der Waals surface area contributed by atoms with Gasteiger partial charge in [-0.2, -0.15) is 0 Å². The molecule has 5 nitrogen and oxygen atoms in total. The Bertz CT molecular complexity index is 702. The third kappa shape index (κ3) is 2.43. The van der Waals surface area contributed by atoms with Crippen molar-refractivity contribution in [3.8, 4) is 0 Å². The number of esters is 1. The summed E-state index contributed by atoms with van der Waals surface area (Å²) in [7, 11) is 0. The molecule has 0 bridgehead atoms. The van der Waals surface area contributed by atoms with Crippen LogP contribution in [0.3, 0.4) is 0 Å². The van der Waals surface area contributed by atoms with E-state index in [-0.39, 0.29) is 12.6 Å². The molecule has 114 valence electrons. The highest BCUT2D eigenvalue weighted by molar-refractivity contribution is 8.03. The van der Waals surface area contributed by atoms with Gasteiger partial charge >= 0.3 is 11.9 Å². The second-order valence-electron chi connectivity index (χ2n) is 5.27. The quantitative estimate of drug-likeness (QED) is 0.472. The van der Waals surface area contributed by atoms with Gasteiger partial charge in [-0.3, -0.25) is 4.79 Å². The monoisotopic (exact) mass is 318 g/mol. The van der Waals surface area contributed by atoms with Crippen LogP contribution >= 0.6 is 11.8 Å². The molecule has 0 saturated carbocycles. The Labute approximate surface area is 131 Å². The average Bonchev–Trinajstić information content (AvgIpc) is 3.30. The summed E-state index contributed by atoms with van der Waals surface area (Å²) in [6, 6.07) is 5.83. The molecule has 0 radical (unpaired) electrons. The smallest absolute Gasteiger partial charge is 0.411 e. The first-order chi connectivity index (χ1) is 10.7. The molecule has 1 aromatic rings. The third-order valence-corrected chi connectivity index (χ3v) is 4.84. The number of allylic oxidation sites excluding steroid dienone is 3. The number of benzene rings is 1. The van der Waals surface area contributed by atoms with Gasteiger partial charge in [-0.15, -0.1) is 9.78 Å². The molecule has 1 aliphatic carbocycles. The third-order valence-electron chi connectivity index (χ3n) is 3.61. The normalized spacial score (nSPS) is 20.8. The van der Waals surface area contributed by atoms with E-state index < -0.39 is 5.97 Å². The zero-order valence-electron chi connectivity index (χ0n) is 12.0. The summed E-state index contributed by atoms with van der Waals surface area (Å²) in [5, 5.41) is 0. The maximum absolute atomic E-state index is 11.0. The van der Waals surface area contributed by atoms with Crippen molar-refractivity contribution in [3.05, 3.63) is 52.1 Å². The van der Waals surface area contributed by atoms with E-state index >= 15 is 0 Å². The molecule has 1 aromatic carbocycles. The fourth-order valence-electron chi connectivity index (χ4n) is 2.49. The van der Waals surface area contributed by atoms with Gasteiger partial charge in [0.15, 0.2) is 0 Å². The molecule has 1 fully saturated rings. The Morgan fingerprint density at radius 2 is 2.27 bits per heavy atom. The topological polar surface area (TPSA) is 60.6 Å². The van der Waals surface area contributed by atoms with Gasteiger partial charge in [-0.1, -0.05) is 23.9 Å². The fraction of sp³-hybridized carbons (Fsp3) is 0.312. The summed E-state index contributed by atoms with van der Waals surface area (Å²) >= 11 is 1.67. The SMILES string of the molecule is CC(=O)OCc1ccc2c(c1)C1(OO1)OC1=C(CCC=C1)S2. The van der Waals surface area contributed by atoms with E-state index in [0.29, 0.717) is 0 Å². The number of fused-ring (bicyclic) bond motifs is 2. The number of ether oxygens (including phenoxy) is 2. The fourth-order valence-corrected chi connectivity index (χ4v) is 3.61. The van der Waals surface area contributed by atoms with Crippen LogP contribution in [0.2, 0.25) is 0 Å². The van der Waals surface area contributed by atoms with E-state index in [9.17, 15) is 4.79 Å². The van der Waals surface area contributed by atoms with E-state index in [2.05, 4.69) is 6.08 Å². The van der Waals surface area contributed by atoms with Crippen molar-refractivity contribution in [2.45, 2.75) is 37.2 Å². The van der Waals surface area contributed by atoms with Crippen molar-refractivity contribution in [2.75, 3.05) is 0 Å².